The summed E-state index contributed by atoms with van der Waals surface area (Å²) in [6, 6.07) is 12.0. The number of hydrogen-bond acceptors (Lipinski definition) is 5. The largest absolute Gasteiger partial charge is 0.376 e. The van der Waals surface area contributed by atoms with Gasteiger partial charge in [0.05, 0.1) is 12.7 Å². The van der Waals surface area contributed by atoms with E-state index in [4.69, 9.17) is 9.47 Å². The molecule has 0 spiro atoms. The summed E-state index contributed by atoms with van der Waals surface area (Å²) in [5.41, 5.74) is 5.10. The van der Waals surface area contributed by atoms with E-state index in [2.05, 4.69) is 15.4 Å². The van der Waals surface area contributed by atoms with Crippen molar-refractivity contribution >= 4 is 5.91 Å². The molecule has 4 rings (SSSR count). The molecule has 1 atom stereocenters. The smallest absolute Gasteiger partial charge is 0.246 e. The molecule has 1 N–H and O–H groups in total. The fourth-order valence-corrected chi connectivity index (χ4v) is 3.70. The average Bonchev–Trinajstić information content (AvgIpc) is 3.21. The molecule has 0 radical (unpaired) electrons. The van der Waals surface area contributed by atoms with Crippen molar-refractivity contribution in [3.8, 4) is 22.4 Å². The fraction of sp³-hybridized carbons (Fsp3) is 0.375. The Kier molecular flexibility index (Phi) is 7.07. The summed E-state index contributed by atoms with van der Waals surface area (Å²) in [5, 5.41) is 7.54. The number of aromatic nitrogens is 3. The van der Waals surface area contributed by atoms with Crippen LogP contribution in [0.1, 0.15) is 24.8 Å². The van der Waals surface area contributed by atoms with Crippen LogP contribution in [0.2, 0.25) is 0 Å². The van der Waals surface area contributed by atoms with Gasteiger partial charge in [0.15, 0.2) is 0 Å². The van der Waals surface area contributed by atoms with E-state index in [0.717, 1.165) is 47.4 Å². The zero-order valence-corrected chi connectivity index (χ0v) is 17.8. The highest BCUT2D eigenvalue weighted by atomic mass is 16.5. The number of aryl methyl sites for hydroxylation is 1. The van der Waals surface area contributed by atoms with E-state index in [1.165, 1.54) is 6.42 Å². The minimum absolute atomic E-state index is 0.0567. The number of rotatable bonds is 8. The maximum atomic E-state index is 12.1. The fourth-order valence-electron chi connectivity index (χ4n) is 3.70. The number of nitrogens with one attached hydrogen (secondary N) is 1. The van der Waals surface area contributed by atoms with E-state index < -0.39 is 0 Å². The Labute approximate surface area is 182 Å². The molecule has 7 nitrogen and oxygen atoms in total. The Morgan fingerprint density at radius 2 is 1.97 bits per heavy atom. The molecule has 31 heavy (non-hydrogen) atoms. The zero-order valence-electron chi connectivity index (χ0n) is 17.8. The molecule has 0 bridgehead atoms. The minimum Gasteiger partial charge on any atom is -0.376 e. The van der Waals surface area contributed by atoms with Crippen LogP contribution in [0.5, 0.6) is 0 Å². The quantitative estimate of drug-likeness (QED) is 0.605. The maximum Gasteiger partial charge on any atom is 0.246 e. The van der Waals surface area contributed by atoms with Gasteiger partial charge in [-0.1, -0.05) is 24.3 Å². The standard InChI is InChI=1S/C24H28N4O3/c1-28-15-22(19-9-11-25-12-10-19)24(27-28)20-7-5-18(6-8-20)14-26-23(29)17-30-16-21-4-2-3-13-31-21/h5-12,15,21H,2-4,13-14,16-17H2,1H3,(H,26,29)/t21-/m1/s1. The van der Waals surface area contributed by atoms with Gasteiger partial charge in [-0.3, -0.25) is 14.5 Å². The number of ether oxygens (including phenoxy) is 2. The van der Waals surface area contributed by atoms with Gasteiger partial charge in [-0.15, -0.1) is 0 Å². The van der Waals surface area contributed by atoms with Crippen molar-refractivity contribution in [2.75, 3.05) is 19.8 Å². The molecule has 0 aliphatic carbocycles. The van der Waals surface area contributed by atoms with Crippen LogP contribution in [0.4, 0.5) is 0 Å². The number of carbonyl (C=O) groups is 1. The molecule has 162 valence electrons. The normalized spacial score (nSPS) is 16.2. The third-order valence-electron chi connectivity index (χ3n) is 5.35. The third kappa shape index (κ3) is 5.77. The van der Waals surface area contributed by atoms with Gasteiger partial charge < -0.3 is 14.8 Å². The average molecular weight is 421 g/mol. The number of hydrogen-bond donors (Lipinski definition) is 1. The second-order valence-electron chi connectivity index (χ2n) is 7.78. The van der Waals surface area contributed by atoms with E-state index in [1.54, 1.807) is 12.4 Å². The van der Waals surface area contributed by atoms with E-state index in [0.29, 0.717) is 13.2 Å². The monoisotopic (exact) mass is 420 g/mol. The van der Waals surface area contributed by atoms with Crippen LogP contribution in [0.25, 0.3) is 22.4 Å². The second-order valence-corrected chi connectivity index (χ2v) is 7.78. The van der Waals surface area contributed by atoms with Crippen molar-refractivity contribution in [1.82, 2.24) is 20.1 Å². The summed E-state index contributed by atoms with van der Waals surface area (Å²) >= 11 is 0. The topological polar surface area (TPSA) is 78.3 Å². The van der Waals surface area contributed by atoms with Crippen molar-refractivity contribution < 1.29 is 14.3 Å². The molecule has 1 amide bonds. The summed E-state index contributed by atoms with van der Waals surface area (Å²) in [6.07, 6.45) is 8.98. The molecular weight excluding hydrogens is 392 g/mol. The Morgan fingerprint density at radius 1 is 1.16 bits per heavy atom. The number of nitrogens with zero attached hydrogens (tertiary/aromatic N) is 3. The number of pyridine rings is 1. The molecule has 0 unspecified atom stereocenters. The van der Waals surface area contributed by atoms with Gasteiger partial charge >= 0.3 is 0 Å². The van der Waals surface area contributed by atoms with E-state index in [1.807, 2.05) is 54.3 Å². The Hall–Kier alpha value is -3.03. The first-order valence-electron chi connectivity index (χ1n) is 10.7. The van der Waals surface area contributed by atoms with Crippen molar-refractivity contribution in [1.29, 1.82) is 0 Å². The predicted molar refractivity (Wildman–Crippen MR) is 118 cm³/mol. The molecular formula is C24H28N4O3. The Morgan fingerprint density at radius 3 is 2.71 bits per heavy atom. The molecule has 1 saturated heterocycles. The van der Waals surface area contributed by atoms with Crippen LogP contribution in [0, 0.1) is 0 Å². The molecule has 1 fully saturated rings. The summed E-state index contributed by atoms with van der Waals surface area (Å²) < 4.78 is 12.9. The Balaban J connectivity index is 1.30. The lowest BCUT2D eigenvalue weighted by Gasteiger charge is -2.22. The summed E-state index contributed by atoms with van der Waals surface area (Å²) in [6.45, 7) is 1.79. The highest BCUT2D eigenvalue weighted by Crippen LogP contribution is 2.30. The number of amides is 1. The zero-order chi connectivity index (χ0) is 21.5. The molecule has 3 aromatic rings. The van der Waals surface area contributed by atoms with Gasteiger partial charge in [-0.25, -0.2) is 0 Å². The summed E-state index contributed by atoms with van der Waals surface area (Å²) in [7, 11) is 1.92. The maximum absolute atomic E-state index is 12.1. The van der Waals surface area contributed by atoms with Gasteiger partial charge in [0.25, 0.3) is 0 Å². The highest BCUT2D eigenvalue weighted by molar-refractivity contribution is 5.80. The van der Waals surface area contributed by atoms with Crippen molar-refractivity contribution in [2.24, 2.45) is 7.05 Å². The van der Waals surface area contributed by atoms with E-state index >= 15 is 0 Å². The lowest BCUT2D eigenvalue weighted by molar-refractivity contribution is -0.128. The van der Waals surface area contributed by atoms with Crippen molar-refractivity contribution in [3.63, 3.8) is 0 Å². The molecule has 1 aromatic carbocycles. The third-order valence-corrected chi connectivity index (χ3v) is 5.35. The lowest BCUT2D eigenvalue weighted by Crippen LogP contribution is -2.30. The van der Waals surface area contributed by atoms with E-state index in [9.17, 15) is 4.79 Å². The van der Waals surface area contributed by atoms with Crippen LogP contribution in [0.15, 0.2) is 55.0 Å². The van der Waals surface area contributed by atoms with E-state index in [-0.39, 0.29) is 18.6 Å². The van der Waals surface area contributed by atoms with Crippen LogP contribution < -0.4 is 5.32 Å². The van der Waals surface area contributed by atoms with Crippen molar-refractivity contribution in [3.05, 3.63) is 60.6 Å². The minimum atomic E-state index is -0.121. The van der Waals surface area contributed by atoms with Gasteiger partial charge in [0.2, 0.25) is 5.91 Å². The molecule has 0 saturated carbocycles. The lowest BCUT2D eigenvalue weighted by atomic mass is 10.0. The summed E-state index contributed by atoms with van der Waals surface area (Å²) in [5.74, 6) is -0.121. The molecule has 2 aromatic heterocycles. The number of benzene rings is 1. The second kappa shape index (κ2) is 10.3. The van der Waals surface area contributed by atoms with Gasteiger partial charge in [0, 0.05) is 49.9 Å². The van der Waals surface area contributed by atoms with Crippen LogP contribution in [-0.2, 0) is 27.9 Å². The SMILES string of the molecule is Cn1cc(-c2ccncc2)c(-c2ccc(CNC(=O)COC[C@H]3CCCCO3)cc2)n1. The predicted octanol–water partition coefficient (Wildman–Crippen LogP) is 3.35. The molecule has 3 heterocycles. The highest BCUT2D eigenvalue weighted by Gasteiger charge is 2.15. The van der Waals surface area contributed by atoms with Gasteiger partial charge in [0.1, 0.15) is 12.3 Å². The number of carbonyl (C=O) groups excluding carboxylic acids is 1. The molecule has 1 aliphatic rings. The van der Waals surface area contributed by atoms with Crippen LogP contribution in [-0.4, -0.2) is 46.6 Å². The van der Waals surface area contributed by atoms with Crippen LogP contribution in [0.3, 0.4) is 0 Å². The summed E-state index contributed by atoms with van der Waals surface area (Å²) in [4.78, 5) is 16.1. The first-order valence-corrected chi connectivity index (χ1v) is 10.7. The Bertz CT molecular complexity index is 980. The first-order chi connectivity index (χ1) is 15.2. The van der Waals surface area contributed by atoms with Crippen molar-refractivity contribution in [2.45, 2.75) is 31.9 Å². The first kappa shape index (κ1) is 21.2. The molecule has 1 aliphatic heterocycles. The molecule has 7 heteroatoms. The van der Waals surface area contributed by atoms with Crippen LogP contribution >= 0.6 is 0 Å². The van der Waals surface area contributed by atoms with Gasteiger partial charge in [-0.05, 0) is 42.5 Å². The van der Waals surface area contributed by atoms with Gasteiger partial charge in [-0.2, -0.15) is 5.10 Å².